The molecule has 0 radical (unpaired) electrons. The van der Waals surface area contributed by atoms with Crippen LogP contribution in [0.25, 0.3) is 28.9 Å². The normalized spacial score (nSPS) is 16.0. The van der Waals surface area contributed by atoms with Gasteiger partial charge in [0.1, 0.15) is 0 Å². The zero-order valence-electron chi connectivity index (χ0n) is 18.9. The molecule has 1 aromatic carbocycles. The number of nitrogens with zero attached hydrogens (tertiary/aromatic N) is 4. The number of hydrogen-bond acceptors (Lipinski definition) is 5. The van der Waals surface area contributed by atoms with Crippen molar-refractivity contribution in [1.29, 1.82) is 0 Å². The molecule has 1 fully saturated rings. The number of benzene rings is 1. The third-order valence-electron chi connectivity index (χ3n) is 6.10. The Balaban J connectivity index is 1.33. The summed E-state index contributed by atoms with van der Waals surface area (Å²) < 4.78 is 9.52. The second-order valence-corrected chi connectivity index (χ2v) is 8.90. The maximum absolute atomic E-state index is 12.8. The van der Waals surface area contributed by atoms with Crippen LogP contribution in [-0.2, 0) is 7.05 Å². The van der Waals surface area contributed by atoms with E-state index in [9.17, 15) is 4.79 Å². The molecule has 4 aromatic rings. The van der Waals surface area contributed by atoms with Gasteiger partial charge in [0.15, 0.2) is 0 Å². The average Bonchev–Trinajstić information content (AvgIpc) is 3.47. The molecule has 34 heavy (non-hydrogen) atoms. The predicted octanol–water partition coefficient (Wildman–Crippen LogP) is 4.46. The van der Waals surface area contributed by atoms with Crippen LogP contribution in [-0.4, -0.2) is 38.3 Å². The summed E-state index contributed by atoms with van der Waals surface area (Å²) in [5.74, 6) is 0. The summed E-state index contributed by atoms with van der Waals surface area (Å²) in [7, 11) is 1.93. The molecular weight excluding hydrogens is 450 g/mol. The lowest BCUT2D eigenvalue weighted by molar-refractivity contribution is 0.265. The standard InChI is InChI=1S/C26H26ClN5O2/c1-31-24-16-22(8-9-23(24)30-26(31)34-14-11-20-3-2-12-28-20)32-13-10-18(15-25(32)33)4-6-21-7-5-19(27)17-29-21/h4-10,13,15-17,20,28H,2-3,11-12,14H2,1H3/b6-4+. The molecule has 1 aliphatic heterocycles. The van der Waals surface area contributed by atoms with Gasteiger partial charge in [-0.1, -0.05) is 17.7 Å². The molecule has 0 spiro atoms. The van der Waals surface area contributed by atoms with Crippen LogP contribution in [0.2, 0.25) is 5.02 Å². The molecule has 1 aliphatic rings. The number of pyridine rings is 2. The molecule has 1 atom stereocenters. The fraction of sp³-hybridized carbons (Fsp3) is 0.269. The molecule has 5 rings (SSSR count). The van der Waals surface area contributed by atoms with Gasteiger partial charge in [-0.25, -0.2) is 0 Å². The minimum atomic E-state index is -0.117. The van der Waals surface area contributed by atoms with Gasteiger partial charge in [-0.15, -0.1) is 0 Å². The molecule has 8 heteroatoms. The predicted molar refractivity (Wildman–Crippen MR) is 136 cm³/mol. The Morgan fingerprint density at radius 3 is 2.88 bits per heavy atom. The topological polar surface area (TPSA) is 74.0 Å². The first-order valence-electron chi connectivity index (χ1n) is 11.4. The third-order valence-corrected chi connectivity index (χ3v) is 6.33. The lowest BCUT2D eigenvalue weighted by atomic mass is 10.2. The lowest BCUT2D eigenvalue weighted by Crippen LogP contribution is -2.23. The van der Waals surface area contributed by atoms with E-state index in [4.69, 9.17) is 16.3 Å². The van der Waals surface area contributed by atoms with Crippen molar-refractivity contribution >= 4 is 34.8 Å². The van der Waals surface area contributed by atoms with Crippen LogP contribution < -0.4 is 15.6 Å². The van der Waals surface area contributed by atoms with Gasteiger partial charge in [0.2, 0.25) is 0 Å². The number of halogens is 1. The highest BCUT2D eigenvalue weighted by Gasteiger charge is 2.15. The number of aryl methyl sites for hydroxylation is 1. The van der Waals surface area contributed by atoms with Gasteiger partial charge < -0.3 is 10.1 Å². The Kier molecular flexibility index (Phi) is 6.47. The van der Waals surface area contributed by atoms with Gasteiger partial charge >= 0.3 is 0 Å². The maximum Gasteiger partial charge on any atom is 0.297 e. The van der Waals surface area contributed by atoms with Gasteiger partial charge in [-0.05, 0) is 73.8 Å². The summed E-state index contributed by atoms with van der Waals surface area (Å²) in [4.78, 5) is 21.7. The average molecular weight is 476 g/mol. The van der Waals surface area contributed by atoms with Gasteiger partial charge in [-0.3, -0.25) is 18.9 Å². The summed E-state index contributed by atoms with van der Waals surface area (Å²) in [6.07, 6.45) is 10.5. The van der Waals surface area contributed by atoms with E-state index in [2.05, 4.69) is 15.3 Å². The van der Waals surface area contributed by atoms with Crippen LogP contribution >= 0.6 is 11.6 Å². The first-order chi connectivity index (χ1) is 16.6. The monoisotopic (exact) mass is 475 g/mol. The quantitative estimate of drug-likeness (QED) is 0.427. The number of nitrogens with one attached hydrogen (secondary N) is 1. The van der Waals surface area contributed by atoms with E-state index in [1.165, 1.54) is 12.8 Å². The SMILES string of the molecule is Cn1c(OCCC2CCCN2)nc2ccc(-n3ccc(/C=C/c4ccc(Cl)cn4)cc3=O)cc21. The van der Waals surface area contributed by atoms with Crippen molar-refractivity contribution in [2.45, 2.75) is 25.3 Å². The van der Waals surface area contributed by atoms with Gasteiger partial charge in [0, 0.05) is 31.5 Å². The van der Waals surface area contributed by atoms with Crippen LogP contribution in [0.15, 0.2) is 59.7 Å². The molecule has 4 heterocycles. The van der Waals surface area contributed by atoms with Gasteiger partial charge in [0.05, 0.1) is 34.0 Å². The number of fused-ring (bicyclic) bond motifs is 1. The second-order valence-electron chi connectivity index (χ2n) is 8.46. The van der Waals surface area contributed by atoms with Gasteiger partial charge in [-0.2, -0.15) is 4.98 Å². The molecule has 0 saturated carbocycles. The zero-order valence-corrected chi connectivity index (χ0v) is 19.7. The third kappa shape index (κ3) is 4.90. The Hall–Kier alpha value is -3.42. The number of ether oxygens (including phenoxy) is 1. The van der Waals surface area contributed by atoms with Crippen molar-refractivity contribution in [2.75, 3.05) is 13.2 Å². The number of hydrogen-bond donors (Lipinski definition) is 1. The van der Waals surface area contributed by atoms with Crippen LogP contribution in [0, 0.1) is 0 Å². The van der Waals surface area contributed by atoms with Crippen molar-refractivity contribution in [2.24, 2.45) is 7.05 Å². The van der Waals surface area contributed by atoms with Crippen molar-refractivity contribution in [3.63, 3.8) is 0 Å². The minimum absolute atomic E-state index is 0.117. The maximum atomic E-state index is 12.8. The highest BCUT2D eigenvalue weighted by Crippen LogP contribution is 2.23. The summed E-state index contributed by atoms with van der Waals surface area (Å²) in [6, 6.07) is 14.0. The fourth-order valence-electron chi connectivity index (χ4n) is 4.21. The first-order valence-corrected chi connectivity index (χ1v) is 11.8. The molecule has 1 saturated heterocycles. The van der Waals surface area contributed by atoms with Crippen LogP contribution in [0.1, 0.15) is 30.5 Å². The Bertz CT molecular complexity index is 1380. The van der Waals surface area contributed by atoms with E-state index in [0.29, 0.717) is 23.7 Å². The highest BCUT2D eigenvalue weighted by molar-refractivity contribution is 6.30. The molecule has 0 bridgehead atoms. The van der Waals surface area contributed by atoms with Crippen LogP contribution in [0.3, 0.4) is 0 Å². The van der Waals surface area contributed by atoms with E-state index >= 15 is 0 Å². The summed E-state index contributed by atoms with van der Waals surface area (Å²) in [6.45, 7) is 1.72. The molecule has 174 valence electrons. The highest BCUT2D eigenvalue weighted by atomic mass is 35.5. The summed E-state index contributed by atoms with van der Waals surface area (Å²) in [5.41, 5.74) is 3.98. The van der Waals surface area contributed by atoms with Crippen molar-refractivity contribution in [1.82, 2.24) is 24.4 Å². The number of aromatic nitrogens is 4. The van der Waals surface area contributed by atoms with E-state index in [-0.39, 0.29) is 5.56 Å². The van der Waals surface area contributed by atoms with E-state index in [0.717, 1.165) is 40.9 Å². The number of imidazole rings is 1. The van der Waals surface area contributed by atoms with E-state index < -0.39 is 0 Å². The number of rotatable bonds is 7. The summed E-state index contributed by atoms with van der Waals surface area (Å²) in [5, 5.41) is 4.07. The molecule has 3 aromatic heterocycles. The first kappa shape index (κ1) is 22.4. The summed E-state index contributed by atoms with van der Waals surface area (Å²) >= 11 is 5.87. The molecule has 0 aliphatic carbocycles. The van der Waals surface area contributed by atoms with E-state index in [1.54, 1.807) is 29.1 Å². The van der Waals surface area contributed by atoms with Crippen molar-refractivity contribution in [3.05, 3.63) is 81.5 Å². The molecule has 1 N–H and O–H groups in total. The zero-order chi connectivity index (χ0) is 23.5. The Labute approximate surface area is 202 Å². The van der Waals surface area contributed by atoms with Gasteiger partial charge in [0.25, 0.3) is 11.6 Å². The van der Waals surface area contributed by atoms with E-state index in [1.807, 2.05) is 54.1 Å². The lowest BCUT2D eigenvalue weighted by Gasteiger charge is -2.10. The van der Waals surface area contributed by atoms with Crippen LogP contribution in [0.5, 0.6) is 6.01 Å². The molecule has 7 nitrogen and oxygen atoms in total. The van der Waals surface area contributed by atoms with Crippen molar-refractivity contribution in [3.8, 4) is 11.7 Å². The second kappa shape index (κ2) is 9.83. The molecule has 1 unspecified atom stereocenters. The fourth-order valence-corrected chi connectivity index (χ4v) is 4.32. The Morgan fingerprint density at radius 2 is 2.12 bits per heavy atom. The van der Waals surface area contributed by atoms with Crippen LogP contribution in [0.4, 0.5) is 0 Å². The minimum Gasteiger partial charge on any atom is -0.465 e. The molecule has 0 amide bonds. The van der Waals surface area contributed by atoms with Crippen molar-refractivity contribution < 1.29 is 4.74 Å². The Morgan fingerprint density at radius 1 is 1.21 bits per heavy atom. The largest absolute Gasteiger partial charge is 0.465 e. The molecular formula is C26H26ClN5O2. The smallest absolute Gasteiger partial charge is 0.297 e.